The Bertz CT molecular complexity index is 1520. The van der Waals surface area contributed by atoms with Gasteiger partial charge in [0.25, 0.3) is 0 Å². The summed E-state index contributed by atoms with van der Waals surface area (Å²) in [5, 5.41) is 11.7. The van der Waals surface area contributed by atoms with Gasteiger partial charge in [0.15, 0.2) is 0 Å². The molecule has 33 heavy (non-hydrogen) atoms. The van der Waals surface area contributed by atoms with Crippen molar-refractivity contribution in [1.82, 2.24) is 10.9 Å². The summed E-state index contributed by atoms with van der Waals surface area (Å²) in [6, 6.07) is 20.9. The lowest BCUT2D eigenvalue weighted by atomic mass is 9.90. The van der Waals surface area contributed by atoms with E-state index in [0.29, 0.717) is 16.7 Å². The van der Waals surface area contributed by atoms with E-state index in [1.54, 1.807) is 24.3 Å². The van der Waals surface area contributed by atoms with E-state index in [4.69, 9.17) is 14.4 Å². The smallest absolute Gasteiger partial charge is 0.374 e. The van der Waals surface area contributed by atoms with E-state index in [1.807, 2.05) is 36.4 Å². The zero-order valence-electron chi connectivity index (χ0n) is 17.5. The average molecular weight is 438 g/mol. The third kappa shape index (κ3) is 3.60. The van der Waals surface area contributed by atoms with E-state index in [2.05, 4.69) is 21.9 Å². The Morgan fingerprint density at radius 3 is 2.64 bits per heavy atom. The lowest BCUT2D eigenvalue weighted by Gasteiger charge is -2.32. The highest BCUT2D eigenvalue weighted by Gasteiger charge is 2.33. The quantitative estimate of drug-likeness (QED) is 0.286. The molecule has 0 bridgehead atoms. The van der Waals surface area contributed by atoms with Crippen LogP contribution in [0.15, 0.2) is 80.9 Å². The Morgan fingerprint density at radius 2 is 1.88 bits per heavy atom. The van der Waals surface area contributed by atoms with Crippen molar-refractivity contribution in [1.29, 1.82) is 5.26 Å². The van der Waals surface area contributed by atoms with Crippen molar-refractivity contribution < 1.29 is 13.9 Å². The van der Waals surface area contributed by atoms with Crippen LogP contribution < -0.4 is 16.5 Å². The second kappa shape index (κ2) is 8.22. The van der Waals surface area contributed by atoms with E-state index in [-0.39, 0.29) is 5.84 Å². The number of fused-ring (bicyclic) bond motifs is 3. The molecule has 1 aromatic heterocycles. The number of nitriles is 1. The molecule has 0 saturated heterocycles. The summed E-state index contributed by atoms with van der Waals surface area (Å²) in [6.45, 7) is 0. The summed E-state index contributed by atoms with van der Waals surface area (Å²) in [7, 11) is 1.27. The molecule has 3 aromatic carbocycles. The summed E-state index contributed by atoms with van der Waals surface area (Å²) in [5.74, 6) is -0.608. The minimum atomic E-state index is -0.622. The molecule has 162 valence electrons. The van der Waals surface area contributed by atoms with Crippen LogP contribution in [0, 0.1) is 11.3 Å². The van der Waals surface area contributed by atoms with E-state index in [1.165, 1.54) is 13.2 Å². The van der Waals surface area contributed by atoms with E-state index in [9.17, 15) is 9.59 Å². The fraction of sp³-hybridized carbons (Fsp3) is 0.120. The number of ether oxygens (including phenoxy) is 1. The van der Waals surface area contributed by atoms with Crippen molar-refractivity contribution in [3.63, 3.8) is 0 Å². The van der Waals surface area contributed by atoms with Crippen molar-refractivity contribution in [2.24, 2.45) is 4.99 Å². The minimum absolute atomic E-state index is 0.0147. The largest absolute Gasteiger partial charge is 0.463 e. The van der Waals surface area contributed by atoms with E-state index < -0.39 is 23.7 Å². The fourth-order valence-corrected chi connectivity index (χ4v) is 4.11. The number of nitrogens with one attached hydrogen (secondary N) is 2. The first-order chi connectivity index (χ1) is 16.1. The number of benzene rings is 3. The van der Waals surface area contributed by atoms with Crippen LogP contribution in [0.3, 0.4) is 0 Å². The zero-order chi connectivity index (χ0) is 22.9. The monoisotopic (exact) mass is 438 g/mol. The molecule has 5 rings (SSSR count). The van der Waals surface area contributed by atoms with Crippen LogP contribution >= 0.6 is 0 Å². The molecule has 8 heteroatoms. The molecule has 4 aromatic rings. The molecule has 2 N–H and O–H groups in total. The van der Waals surface area contributed by atoms with Gasteiger partial charge in [-0.05, 0) is 28.6 Å². The molecule has 1 aliphatic heterocycles. The number of esters is 1. The summed E-state index contributed by atoms with van der Waals surface area (Å²) >= 11 is 0. The number of carbonyl (C=O) groups excluding carboxylic acids is 1. The number of aliphatic imine (C=N–C) groups is 1. The molecule has 0 saturated carbocycles. The van der Waals surface area contributed by atoms with Gasteiger partial charge in [0.1, 0.15) is 5.58 Å². The van der Waals surface area contributed by atoms with Crippen LogP contribution in [-0.2, 0) is 9.53 Å². The standard InChI is InChI=1S/C25H18N4O4/c1-32-25(31)24-27-21(16-8-6-14(13-26)7-9-16)22(28-29-24)19-12-20(30)33-23-17-5-3-2-4-15(17)10-11-18(19)23/h2-12,21-22,28H,1H3,(H,27,29). The van der Waals surface area contributed by atoms with Crippen molar-refractivity contribution >= 4 is 33.5 Å². The SMILES string of the molecule is COC(=O)C1=NC(c2ccc(C#N)cc2)C(c2cc(=O)oc3c2ccc2ccccc23)NN1. The van der Waals surface area contributed by atoms with E-state index >= 15 is 0 Å². The fourth-order valence-electron chi connectivity index (χ4n) is 4.11. The number of methoxy groups -OCH3 is 1. The van der Waals surface area contributed by atoms with Gasteiger partial charge in [-0.3, -0.25) is 10.4 Å². The van der Waals surface area contributed by atoms with Crippen LogP contribution in [0.2, 0.25) is 0 Å². The number of rotatable bonds is 3. The zero-order valence-corrected chi connectivity index (χ0v) is 17.5. The van der Waals surface area contributed by atoms with Gasteiger partial charge in [-0.2, -0.15) is 5.26 Å². The first-order valence-corrected chi connectivity index (χ1v) is 10.2. The Balaban J connectivity index is 1.71. The second-order valence-electron chi connectivity index (χ2n) is 7.58. The van der Waals surface area contributed by atoms with E-state index in [0.717, 1.165) is 21.7 Å². The average Bonchev–Trinajstić information content (AvgIpc) is 2.87. The van der Waals surface area contributed by atoms with Crippen LogP contribution in [0.1, 0.15) is 28.8 Å². The van der Waals surface area contributed by atoms with Gasteiger partial charge >= 0.3 is 11.6 Å². The summed E-state index contributed by atoms with van der Waals surface area (Å²) in [5.41, 5.74) is 7.85. The Kier molecular flexibility index (Phi) is 5.09. The maximum absolute atomic E-state index is 12.6. The summed E-state index contributed by atoms with van der Waals surface area (Å²) in [6.07, 6.45) is 0. The lowest BCUT2D eigenvalue weighted by molar-refractivity contribution is -0.133. The van der Waals surface area contributed by atoms with Gasteiger partial charge in [-0.25, -0.2) is 15.0 Å². The predicted molar refractivity (Wildman–Crippen MR) is 122 cm³/mol. The van der Waals surface area contributed by atoms with Crippen molar-refractivity contribution in [2.75, 3.05) is 7.11 Å². The van der Waals surface area contributed by atoms with Gasteiger partial charge in [0, 0.05) is 16.8 Å². The van der Waals surface area contributed by atoms with Crippen molar-refractivity contribution in [3.8, 4) is 6.07 Å². The number of hydrogen-bond donors (Lipinski definition) is 2. The minimum Gasteiger partial charge on any atom is -0.463 e. The molecule has 2 heterocycles. The number of hydrogen-bond acceptors (Lipinski definition) is 8. The van der Waals surface area contributed by atoms with Gasteiger partial charge in [-0.1, -0.05) is 48.5 Å². The molecule has 0 aliphatic carbocycles. The molecule has 0 amide bonds. The number of nitrogens with zero attached hydrogens (tertiary/aromatic N) is 2. The normalized spacial score (nSPS) is 17.8. The molecular formula is C25H18N4O4. The van der Waals surface area contributed by atoms with Crippen molar-refractivity contribution in [2.45, 2.75) is 12.1 Å². The topological polar surface area (TPSA) is 117 Å². The van der Waals surface area contributed by atoms with Gasteiger partial charge in [0.05, 0.1) is 30.8 Å². The molecular weight excluding hydrogens is 420 g/mol. The maximum Gasteiger partial charge on any atom is 0.374 e. The summed E-state index contributed by atoms with van der Waals surface area (Å²) < 4.78 is 10.4. The lowest BCUT2D eigenvalue weighted by Crippen LogP contribution is -2.49. The third-order valence-electron chi connectivity index (χ3n) is 5.69. The summed E-state index contributed by atoms with van der Waals surface area (Å²) in [4.78, 5) is 29.3. The van der Waals surface area contributed by atoms with Crippen molar-refractivity contribution in [3.05, 3.63) is 93.8 Å². The molecule has 0 fully saturated rings. The molecule has 8 nitrogen and oxygen atoms in total. The Morgan fingerprint density at radius 1 is 1.09 bits per heavy atom. The van der Waals surface area contributed by atoms with Gasteiger partial charge in [-0.15, -0.1) is 0 Å². The highest BCUT2D eigenvalue weighted by molar-refractivity contribution is 6.35. The molecule has 0 radical (unpaired) electrons. The molecule has 2 unspecified atom stereocenters. The molecule has 1 aliphatic rings. The maximum atomic E-state index is 12.6. The predicted octanol–water partition coefficient (Wildman–Crippen LogP) is 3.28. The Hall–Kier alpha value is -4.48. The molecule has 2 atom stereocenters. The van der Waals surface area contributed by atoms with Crippen LogP contribution in [0.5, 0.6) is 0 Å². The molecule has 0 spiro atoms. The van der Waals surface area contributed by atoms with Crippen LogP contribution in [0.25, 0.3) is 21.7 Å². The highest BCUT2D eigenvalue weighted by Crippen LogP contribution is 2.38. The van der Waals surface area contributed by atoms with Gasteiger partial charge < -0.3 is 9.15 Å². The Labute approximate surface area is 188 Å². The number of hydrazine groups is 1. The second-order valence-corrected chi connectivity index (χ2v) is 7.58. The third-order valence-corrected chi connectivity index (χ3v) is 5.69. The highest BCUT2D eigenvalue weighted by atomic mass is 16.5. The van der Waals surface area contributed by atoms with Crippen LogP contribution in [0.4, 0.5) is 0 Å². The number of carbonyl (C=O) groups is 1. The van der Waals surface area contributed by atoms with Crippen LogP contribution in [-0.4, -0.2) is 18.9 Å². The number of amidine groups is 1. The first kappa shape index (κ1) is 20.4. The van der Waals surface area contributed by atoms with Gasteiger partial charge in [0.2, 0.25) is 5.84 Å². The first-order valence-electron chi connectivity index (χ1n) is 10.2.